The van der Waals surface area contributed by atoms with Gasteiger partial charge in [0.15, 0.2) is 0 Å². The van der Waals surface area contributed by atoms with E-state index in [1.54, 1.807) is 11.8 Å². The van der Waals surface area contributed by atoms with Crippen LogP contribution in [0.4, 0.5) is 10.5 Å². The first-order chi connectivity index (χ1) is 9.61. The highest BCUT2D eigenvalue weighted by molar-refractivity contribution is 5.97. The molecule has 1 aromatic rings. The Hall–Kier alpha value is -2.25. The molecule has 1 aliphatic rings. The van der Waals surface area contributed by atoms with Gasteiger partial charge in [0.05, 0.1) is 18.5 Å². The van der Waals surface area contributed by atoms with E-state index in [-0.39, 0.29) is 11.9 Å². The van der Waals surface area contributed by atoms with E-state index in [2.05, 4.69) is 15.5 Å². The minimum Gasteiger partial charge on any atom is -0.450 e. The van der Waals surface area contributed by atoms with Gasteiger partial charge in [-0.05, 0) is 19.8 Å². The van der Waals surface area contributed by atoms with Crippen molar-refractivity contribution in [1.82, 2.24) is 20.4 Å². The van der Waals surface area contributed by atoms with Gasteiger partial charge < -0.3 is 20.7 Å². The third-order valence-electron chi connectivity index (χ3n) is 3.19. The molecule has 1 atom stereocenters. The third-order valence-corrected chi connectivity index (χ3v) is 3.19. The lowest BCUT2D eigenvalue weighted by Crippen LogP contribution is -2.49. The molecule has 0 radical (unpaired) electrons. The molecular weight excluding hydrogens is 262 g/mol. The number of carbonyl (C=O) groups excluding carboxylic acids is 2. The highest BCUT2D eigenvalue weighted by atomic mass is 16.5. The number of carbonyl (C=O) groups is 2. The highest BCUT2D eigenvalue weighted by Gasteiger charge is 2.27. The van der Waals surface area contributed by atoms with E-state index in [0.29, 0.717) is 31.1 Å². The Labute approximate surface area is 116 Å². The number of anilines is 1. The van der Waals surface area contributed by atoms with Crippen LogP contribution in [0.5, 0.6) is 0 Å². The number of nitrogens with two attached hydrogens (primary N) is 1. The van der Waals surface area contributed by atoms with Crippen LogP contribution in [-0.4, -0.2) is 52.8 Å². The SMILES string of the molecule is CCOC(=O)NC1CCCN(C(=O)c2[nH]ncc2N)C1. The van der Waals surface area contributed by atoms with Gasteiger partial charge in [0.25, 0.3) is 5.91 Å². The number of nitrogens with one attached hydrogen (secondary N) is 2. The van der Waals surface area contributed by atoms with Gasteiger partial charge in [0.1, 0.15) is 5.69 Å². The molecule has 8 nitrogen and oxygen atoms in total. The van der Waals surface area contributed by atoms with Crippen LogP contribution in [-0.2, 0) is 4.74 Å². The average Bonchev–Trinajstić information content (AvgIpc) is 2.84. The van der Waals surface area contributed by atoms with Gasteiger partial charge in [0.2, 0.25) is 0 Å². The predicted octanol–water partition coefficient (Wildman–Crippen LogP) is 0.343. The lowest BCUT2D eigenvalue weighted by atomic mass is 10.1. The van der Waals surface area contributed by atoms with E-state index in [4.69, 9.17) is 10.5 Å². The van der Waals surface area contributed by atoms with E-state index >= 15 is 0 Å². The van der Waals surface area contributed by atoms with Gasteiger partial charge in [-0.25, -0.2) is 4.79 Å². The Bertz CT molecular complexity index is 487. The molecule has 2 amide bonds. The number of amides is 2. The molecule has 1 saturated heterocycles. The number of ether oxygens (including phenoxy) is 1. The molecule has 2 heterocycles. The zero-order valence-corrected chi connectivity index (χ0v) is 11.4. The van der Waals surface area contributed by atoms with Crippen LogP contribution < -0.4 is 11.1 Å². The quantitative estimate of drug-likeness (QED) is 0.739. The Morgan fingerprint density at radius 1 is 1.65 bits per heavy atom. The number of aromatic amines is 1. The van der Waals surface area contributed by atoms with Crippen molar-refractivity contribution in [3.8, 4) is 0 Å². The van der Waals surface area contributed by atoms with Crippen molar-refractivity contribution >= 4 is 17.7 Å². The minimum atomic E-state index is -0.451. The van der Waals surface area contributed by atoms with Gasteiger partial charge in [0, 0.05) is 19.1 Å². The number of nitrogens with zero attached hydrogens (tertiary/aromatic N) is 2. The molecule has 0 spiro atoms. The summed E-state index contributed by atoms with van der Waals surface area (Å²) in [7, 11) is 0. The first kappa shape index (κ1) is 14.2. The lowest BCUT2D eigenvalue weighted by molar-refractivity contribution is 0.0681. The molecule has 1 unspecified atom stereocenters. The van der Waals surface area contributed by atoms with Crippen molar-refractivity contribution in [2.75, 3.05) is 25.4 Å². The first-order valence-electron chi connectivity index (χ1n) is 6.63. The van der Waals surface area contributed by atoms with Gasteiger partial charge in [-0.3, -0.25) is 9.89 Å². The summed E-state index contributed by atoms with van der Waals surface area (Å²) in [5, 5.41) is 9.09. The number of likely N-dealkylation sites (tertiary alicyclic amines) is 1. The summed E-state index contributed by atoms with van der Waals surface area (Å²) in [4.78, 5) is 25.3. The second-order valence-electron chi connectivity index (χ2n) is 4.66. The predicted molar refractivity (Wildman–Crippen MR) is 72.1 cm³/mol. The number of piperidine rings is 1. The molecule has 0 saturated carbocycles. The number of hydrogen-bond donors (Lipinski definition) is 3. The van der Waals surface area contributed by atoms with Gasteiger partial charge >= 0.3 is 6.09 Å². The molecule has 20 heavy (non-hydrogen) atoms. The van der Waals surface area contributed by atoms with E-state index in [1.807, 2.05) is 0 Å². The van der Waals surface area contributed by atoms with Crippen LogP contribution in [0.15, 0.2) is 6.20 Å². The van der Waals surface area contributed by atoms with Crippen LogP contribution >= 0.6 is 0 Å². The largest absolute Gasteiger partial charge is 0.450 e. The van der Waals surface area contributed by atoms with E-state index in [0.717, 1.165) is 12.8 Å². The van der Waals surface area contributed by atoms with Crippen LogP contribution in [0.2, 0.25) is 0 Å². The average molecular weight is 281 g/mol. The lowest BCUT2D eigenvalue weighted by Gasteiger charge is -2.32. The normalized spacial score (nSPS) is 18.6. The van der Waals surface area contributed by atoms with Crippen LogP contribution in [0.1, 0.15) is 30.3 Å². The van der Waals surface area contributed by atoms with Gasteiger partial charge in [-0.15, -0.1) is 0 Å². The fraction of sp³-hybridized carbons (Fsp3) is 0.583. The van der Waals surface area contributed by atoms with Crippen molar-refractivity contribution in [3.05, 3.63) is 11.9 Å². The summed E-state index contributed by atoms with van der Waals surface area (Å²) < 4.78 is 4.84. The molecule has 2 rings (SSSR count). The van der Waals surface area contributed by atoms with Crippen LogP contribution in [0.25, 0.3) is 0 Å². The zero-order chi connectivity index (χ0) is 14.5. The molecule has 0 aliphatic carbocycles. The van der Waals surface area contributed by atoms with Gasteiger partial charge in [-0.2, -0.15) is 5.10 Å². The van der Waals surface area contributed by atoms with E-state index in [9.17, 15) is 9.59 Å². The van der Waals surface area contributed by atoms with Crippen molar-refractivity contribution < 1.29 is 14.3 Å². The monoisotopic (exact) mass is 281 g/mol. The number of nitrogen functional groups attached to an aromatic ring is 1. The van der Waals surface area contributed by atoms with E-state index < -0.39 is 6.09 Å². The smallest absolute Gasteiger partial charge is 0.407 e. The molecule has 0 bridgehead atoms. The second kappa shape index (κ2) is 6.27. The number of rotatable bonds is 3. The van der Waals surface area contributed by atoms with Crippen LogP contribution in [0, 0.1) is 0 Å². The number of hydrogen-bond acceptors (Lipinski definition) is 5. The highest BCUT2D eigenvalue weighted by Crippen LogP contribution is 2.16. The molecule has 110 valence electrons. The second-order valence-corrected chi connectivity index (χ2v) is 4.66. The molecule has 1 aromatic heterocycles. The molecule has 1 fully saturated rings. The summed E-state index contributed by atoms with van der Waals surface area (Å²) in [5.41, 5.74) is 6.29. The number of alkyl carbamates (subject to hydrolysis) is 1. The summed E-state index contributed by atoms with van der Waals surface area (Å²) >= 11 is 0. The maximum Gasteiger partial charge on any atom is 0.407 e. The molecule has 0 aromatic carbocycles. The van der Waals surface area contributed by atoms with Crippen molar-refractivity contribution in [2.45, 2.75) is 25.8 Å². The fourth-order valence-corrected chi connectivity index (χ4v) is 2.24. The van der Waals surface area contributed by atoms with Crippen molar-refractivity contribution in [2.24, 2.45) is 0 Å². The zero-order valence-electron chi connectivity index (χ0n) is 11.4. The Kier molecular flexibility index (Phi) is 4.44. The Morgan fingerprint density at radius 3 is 3.10 bits per heavy atom. The summed E-state index contributed by atoms with van der Waals surface area (Å²) in [6, 6.07) is -0.101. The minimum absolute atomic E-state index is 0.101. The first-order valence-corrected chi connectivity index (χ1v) is 6.63. The summed E-state index contributed by atoms with van der Waals surface area (Å²) in [6.45, 7) is 3.15. The van der Waals surface area contributed by atoms with Gasteiger partial charge in [-0.1, -0.05) is 0 Å². The van der Waals surface area contributed by atoms with Crippen molar-refractivity contribution in [1.29, 1.82) is 0 Å². The summed E-state index contributed by atoms with van der Waals surface area (Å²) in [5.74, 6) is -0.199. The topological polar surface area (TPSA) is 113 Å². The number of H-pyrrole nitrogens is 1. The maximum atomic E-state index is 12.3. The summed E-state index contributed by atoms with van der Waals surface area (Å²) in [6.07, 6.45) is 2.59. The Balaban J connectivity index is 1.95. The third kappa shape index (κ3) is 3.19. The standard InChI is InChI=1S/C12H19N5O3/c1-2-20-12(19)15-8-4-3-5-17(7-8)11(18)10-9(13)6-14-16-10/h6,8H,2-5,7,13H2,1H3,(H,14,16)(H,15,19). The molecular formula is C12H19N5O3. The molecule has 4 N–H and O–H groups in total. The van der Waals surface area contributed by atoms with Crippen LogP contribution in [0.3, 0.4) is 0 Å². The number of aromatic nitrogens is 2. The van der Waals surface area contributed by atoms with Crippen molar-refractivity contribution in [3.63, 3.8) is 0 Å². The van der Waals surface area contributed by atoms with E-state index in [1.165, 1.54) is 6.20 Å². The molecule has 1 aliphatic heterocycles. The Morgan fingerprint density at radius 2 is 2.45 bits per heavy atom. The fourth-order valence-electron chi connectivity index (χ4n) is 2.24. The molecule has 8 heteroatoms. The maximum absolute atomic E-state index is 12.3.